The highest BCUT2D eigenvalue weighted by Crippen LogP contribution is 2.34. The number of fused-ring (bicyclic) bond motifs is 1. The molecule has 1 unspecified atom stereocenters. The summed E-state index contributed by atoms with van der Waals surface area (Å²) in [4.78, 5) is 11.1. The van der Waals surface area contributed by atoms with Crippen molar-refractivity contribution >= 4 is 37.8 Å². The summed E-state index contributed by atoms with van der Waals surface area (Å²) < 4.78 is 2.38. The number of nitrogens with zero attached hydrogens (tertiary/aromatic N) is 1. The SMILES string of the molecule is O=[N+]([O-])c1ccc(CC(O)c2cc3sccc3s2)cc1. The molecule has 0 aliphatic heterocycles. The Hall–Kier alpha value is -1.76. The van der Waals surface area contributed by atoms with Crippen LogP contribution in [0.15, 0.2) is 41.8 Å². The molecule has 3 rings (SSSR count). The average Bonchev–Trinajstić information content (AvgIpc) is 2.99. The van der Waals surface area contributed by atoms with Crippen molar-refractivity contribution in [3.63, 3.8) is 0 Å². The molecular formula is C14H11NO3S2. The van der Waals surface area contributed by atoms with Gasteiger partial charge >= 0.3 is 0 Å². The number of nitro benzene ring substituents is 1. The molecule has 2 aromatic heterocycles. The van der Waals surface area contributed by atoms with Crippen molar-refractivity contribution in [3.8, 4) is 0 Å². The quantitative estimate of drug-likeness (QED) is 0.582. The van der Waals surface area contributed by atoms with Crippen LogP contribution < -0.4 is 0 Å². The van der Waals surface area contributed by atoms with E-state index in [1.54, 1.807) is 34.8 Å². The molecule has 0 saturated carbocycles. The number of aliphatic hydroxyl groups excluding tert-OH is 1. The number of benzene rings is 1. The van der Waals surface area contributed by atoms with Crippen molar-refractivity contribution in [1.82, 2.24) is 0 Å². The van der Waals surface area contributed by atoms with Crippen LogP contribution in [0.3, 0.4) is 0 Å². The monoisotopic (exact) mass is 305 g/mol. The normalized spacial score (nSPS) is 12.7. The fourth-order valence-electron chi connectivity index (χ4n) is 2.03. The van der Waals surface area contributed by atoms with E-state index >= 15 is 0 Å². The second kappa shape index (κ2) is 5.32. The van der Waals surface area contributed by atoms with Crippen molar-refractivity contribution in [3.05, 3.63) is 62.3 Å². The van der Waals surface area contributed by atoms with Crippen molar-refractivity contribution in [1.29, 1.82) is 0 Å². The molecule has 1 atom stereocenters. The van der Waals surface area contributed by atoms with Crippen LogP contribution in [0.25, 0.3) is 9.40 Å². The number of hydrogen-bond acceptors (Lipinski definition) is 5. The van der Waals surface area contributed by atoms with Gasteiger partial charge in [0, 0.05) is 32.8 Å². The zero-order chi connectivity index (χ0) is 14.1. The number of non-ortho nitro benzene ring substituents is 1. The number of thiophene rings is 2. The van der Waals surface area contributed by atoms with Gasteiger partial charge in [0.25, 0.3) is 5.69 Å². The van der Waals surface area contributed by atoms with Gasteiger partial charge in [0.1, 0.15) is 0 Å². The lowest BCUT2D eigenvalue weighted by Gasteiger charge is -2.08. The highest BCUT2D eigenvalue weighted by atomic mass is 32.1. The van der Waals surface area contributed by atoms with Crippen molar-refractivity contribution < 1.29 is 10.0 Å². The molecule has 3 aromatic rings. The molecule has 0 saturated heterocycles. The van der Waals surface area contributed by atoms with Gasteiger partial charge in [0.15, 0.2) is 0 Å². The van der Waals surface area contributed by atoms with E-state index in [0.717, 1.165) is 10.4 Å². The van der Waals surface area contributed by atoms with E-state index in [1.165, 1.54) is 21.5 Å². The Morgan fingerprint density at radius 2 is 1.95 bits per heavy atom. The Bertz CT molecular complexity index is 717. The first-order valence-corrected chi connectivity index (χ1v) is 7.71. The number of rotatable bonds is 4. The van der Waals surface area contributed by atoms with Gasteiger partial charge in [0.05, 0.1) is 11.0 Å². The zero-order valence-electron chi connectivity index (χ0n) is 10.4. The molecule has 0 aliphatic carbocycles. The van der Waals surface area contributed by atoms with Gasteiger partial charge < -0.3 is 5.11 Å². The standard InChI is InChI=1S/C14H11NO3S2/c16-11(13-8-14-12(20-13)5-6-19-14)7-9-1-3-10(4-2-9)15(17)18/h1-6,8,11,16H,7H2. The van der Waals surface area contributed by atoms with Crippen molar-refractivity contribution in [2.75, 3.05) is 0 Å². The van der Waals surface area contributed by atoms with Crippen LogP contribution in [0.5, 0.6) is 0 Å². The third kappa shape index (κ3) is 2.58. The Kier molecular flexibility index (Phi) is 3.52. The number of hydrogen-bond donors (Lipinski definition) is 1. The third-order valence-electron chi connectivity index (χ3n) is 3.06. The van der Waals surface area contributed by atoms with Crippen LogP contribution in [-0.4, -0.2) is 10.0 Å². The van der Waals surface area contributed by atoms with E-state index in [4.69, 9.17) is 0 Å². The maximum Gasteiger partial charge on any atom is 0.269 e. The fraction of sp³-hybridized carbons (Fsp3) is 0.143. The van der Waals surface area contributed by atoms with E-state index in [1.807, 2.05) is 17.5 Å². The minimum Gasteiger partial charge on any atom is -0.387 e. The Labute approximate surface area is 123 Å². The molecular weight excluding hydrogens is 294 g/mol. The molecule has 0 radical (unpaired) electrons. The molecule has 0 aliphatic rings. The van der Waals surface area contributed by atoms with Crippen molar-refractivity contribution in [2.45, 2.75) is 12.5 Å². The van der Waals surface area contributed by atoms with Gasteiger partial charge in [0.2, 0.25) is 0 Å². The highest BCUT2D eigenvalue weighted by molar-refractivity contribution is 7.26. The van der Waals surface area contributed by atoms with Gasteiger partial charge in [-0.3, -0.25) is 10.1 Å². The zero-order valence-corrected chi connectivity index (χ0v) is 12.0. The largest absolute Gasteiger partial charge is 0.387 e. The number of aliphatic hydroxyl groups is 1. The average molecular weight is 305 g/mol. The summed E-state index contributed by atoms with van der Waals surface area (Å²) in [5, 5.41) is 22.9. The summed E-state index contributed by atoms with van der Waals surface area (Å²) in [6.07, 6.45) is -0.104. The summed E-state index contributed by atoms with van der Waals surface area (Å²) >= 11 is 3.25. The summed E-state index contributed by atoms with van der Waals surface area (Å²) in [6, 6.07) is 10.4. The molecule has 4 nitrogen and oxygen atoms in total. The minimum atomic E-state index is -0.568. The maximum absolute atomic E-state index is 10.6. The van der Waals surface area contributed by atoms with E-state index in [-0.39, 0.29) is 5.69 Å². The molecule has 6 heteroatoms. The molecule has 0 fully saturated rings. The van der Waals surface area contributed by atoms with E-state index in [9.17, 15) is 15.2 Å². The molecule has 0 bridgehead atoms. The van der Waals surface area contributed by atoms with Crippen LogP contribution in [0.1, 0.15) is 16.5 Å². The van der Waals surface area contributed by atoms with Gasteiger partial charge in [-0.2, -0.15) is 0 Å². The first-order chi connectivity index (χ1) is 9.63. The van der Waals surface area contributed by atoms with Crippen molar-refractivity contribution in [2.24, 2.45) is 0 Å². The molecule has 20 heavy (non-hydrogen) atoms. The molecule has 1 N–H and O–H groups in total. The lowest BCUT2D eigenvalue weighted by atomic mass is 10.1. The second-order valence-electron chi connectivity index (χ2n) is 4.44. The van der Waals surface area contributed by atoms with Crippen LogP contribution in [0.2, 0.25) is 0 Å². The summed E-state index contributed by atoms with van der Waals surface area (Å²) in [5.74, 6) is 0. The molecule has 0 amide bonds. The Balaban J connectivity index is 1.76. The van der Waals surface area contributed by atoms with E-state index < -0.39 is 11.0 Å². The highest BCUT2D eigenvalue weighted by Gasteiger charge is 2.13. The fourth-order valence-corrected chi connectivity index (χ4v) is 4.13. The maximum atomic E-state index is 10.6. The van der Waals surface area contributed by atoms with Gasteiger partial charge in [-0.1, -0.05) is 12.1 Å². The smallest absolute Gasteiger partial charge is 0.269 e. The van der Waals surface area contributed by atoms with E-state index in [2.05, 4.69) is 0 Å². The van der Waals surface area contributed by atoms with Gasteiger partial charge in [-0.15, -0.1) is 22.7 Å². The molecule has 0 spiro atoms. The summed E-state index contributed by atoms with van der Waals surface area (Å²) in [7, 11) is 0. The third-order valence-corrected chi connectivity index (χ3v) is 5.26. The van der Waals surface area contributed by atoms with Crippen LogP contribution in [0.4, 0.5) is 5.69 Å². The first kappa shape index (κ1) is 13.2. The van der Waals surface area contributed by atoms with Crippen LogP contribution >= 0.6 is 22.7 Å². The number of nitro groups is 1. The van der Waals surface area contributed by atoms with E-state index in [0.29, 0.717) is 6.42 Å². The molecule has 2 heterocycles. The molecule has 1 aromatic carbocycles. The summed E-state index contributed by atoms with van der Waals surface area (Å²) in [5.41, 5.74) is 0.958. The topological polar surface area (TPSA) is 63.4 Å². The van der Waals surface area contributed by atoms with Crippen LogP contribution in [0, 0.1) is 10.1 Å². The minimum absolute atomic E-state index is 0.0693. The van der Waals surface area contributed by atoms with Gasteiger partial charge in [-0.05, 0) is 23.1 Å². The Morgan fingerprint density at radius 1 is 1.20 bits per heavy atom. The lowest BCUT2D eigenvalue weighted by molar-refractivity contribution is -0.384. The molecule has 102 valence electrons. The van der Waals surface area contributed by atoms with Crippen LogP contribution in [-0.2, 0) is 6.42 Å². The predicted molar refractivity (Wildman–Crippen MR) is 81.5 cm³/mol. The van der Waals surface area contributed by atoms with Gasteiger partial charge in [-0.25, -0.2) is 0 Å². The lowest BCUT2D eigenvalue weighted by Crippen LogP contribution is -1.99. The predicted octanol–water partition coefficient (Wildman–Crippen LogP) is 4.15. The summed E-state index contributed by atoms with van der Waals surface area (Å²) in [6.45, 7) is 0. The Morgan fingerprint density at radius 3 is 2.60 bits per heavy atom. The first-order valence-electron chi connectivity index (χ1n) is 6.02. The second-order valence-corrected chi connectivity index (χ2v) is 6.50.